The molecule has 5 heteroatoms. The van der Waals surface area contributed by atoms with Gasteiger partial charge in [-0.1, -0.05) is 6.92 Å². The third kappa shape index (κ3) is 2.53. The van der Waals surface area contributed by atoms with Crippen LogP contribution in [0.5, 0.6) is 0 Å². The molecule has 2 unspecified atom stereocenters. The maximum atomic E-state index is 11.1. The van der Waals surface area contributed by atoms with Crippen LogP contribution in [0.3, 0.4) is 0 Å². The molecule has 112 valence electrons. The molecule has 0 spiro atoms. The zero-order chi connectivity index (χ0) is 15.0. The number of imidazole rings is 1. The largest absolute Gasteiger partial charge is 0.478 e. The van der Waals surface area contributed by atoms with Gasteiger partial charge in [-0.25, -0.2) is 9.78 Å². The Hall–Kier alpha value is -1.88. The van der Waals surface area contributed by atoms with Gasteiger partial charge < -0.3 is 14.4 Å². The predicted octanol–water partition coefficient (Wildman–Crippen LogP) is 2.72. The number of fused-ring (bicyclic) bond motifs is 1. The number of nitrogens with zero attached hydrogens (tertiary/aromatic N) is 2. The molecule has 3 rings (SSSR count). The van der Waals surface area contributed by atoms with E-state index in [9.17, 15) is 4.79 Å². The first-order valence-electron chi connectivity index (χ1n) is 7.44. The average molecular weight is 288 g/mol. The van der Waals surface area contributed by atoms with E-state index in [1.165, 1.54) is 0 Å². The molecule has 1 aromatic carbocycles. The standard InChI is InChI=1S/C16H20N2O3/c1-3-15-17-13-8-11(16(19)20)4-5-14(13)18(15)9-12-6-7-21-10(12)2/h4-5,8,10,12H,3,6-7,9H2,1-2H3,(H,19,20). The number of ether oxygens (including phenoxy) is 1. The van der Waals surface area contributed by atoms with E-state index in [1.807, 2.05) is 6.07 Å². The number of rotatable bonds is 4. The van der Waals surface area contributed by atoms with Crippen molar-refractivity contribution in [3.05, 3.63) is 29.6 Å². The van der Waals surface area contributed by atoms with E-state index in [0.717, 1.165) is 42.9 Å². The number of hydrogen-bond donors (Lipinski definition) is 1. The van der Waals surface area contributed by atoms with Crippen LogP contribution in [0.1, 0.15) is 36.5 Å². The Morgan fingerprint density at radius 3 is 2.95 bits per heavy atom. The van der Waals surface area contributed by atoms with E-state index >= 15 is 0 Å². The molecule has 0 aliphatic carbocycles. The lowest BCUT2D eigenvalue weighted by atomic mass is 10.0. The highest BCUT2D eigenvalue weighted by Crippen LogP contribution is 2.26. The molecule has 1 N–H and O–H groups in total. The van der Waals surface area contributed by atoms with Crippen LogP contribution in [0.2, 0.25) is 0 Å². The SMILES string of the molecule is CCc1nc2cc(C(=O)O)ccc2n1CC1CCOC1C. The molecule has 21 heavy (non-hydrogen) atoms. The molecule has 2 heterocycles. The fraction of sp³-hybridized carbons (Fsp3) is 0.500. The van der Waals surface area contributed by atoms with E-state index in [4.69, 9.17) is 9.84 Å². The monoisotopic (exact) mass is 288 g/mol. The van der Waals surface area contributed by atoms with Crippen LogP contribution in [0, 0.1) is 5.92 Å². The quantitative estimate of drug-likeness (QED) is 0.939. The van der Waals surface area contributed by atoms with Gasteiger partial charge in [0.25, 0.3) is 0 Å². The fourth-order valence-corrected chi connectivity index (χ4v) is 3.04. The summed E-state index contributed by atoms with van der Waals surface area (Å²) in [5, 5.41) is 9.09. The van der Waals surface area contributed by atoms with Crippen LogP contribution >= 0.6 is 0 Å². The summed E-state index contributed by atoms with van der Waals surface area (Å²) in [4.78, 5) is 15.7. The summed E-state index contributed by atoms with van der Waals surface area (Å²) in [5.74, 6) is 0.584. The minimum absolute atomic E-state index is 0.269. The van der Waals surface area contributed by atoms with Gasteiger partial charge in [-0.05, 0) is 31.5 Å². The van der Waals surface area contributed by atoms with Crippen molar-refractivity contribution in [2.75, 3.05) is 6.61 Å². The van der Waals surface area contributed by atoms with Gasteiger partial charge in [-0.3, -0.25) is 0 Å². The molecule has 0 radical (unpaired) electrons. The molecule has 1 saturated heterocycles. The molecule has 5 nitrogen and oxygen atoms in total. The molecule has 0 saturated carbocycles. The molecule has 2 atom stereocenters. The summed E-state index contributed by atoms with van der Waals surface area (Å²) >= 11 is 0. The Labute approximate surface area is 123 Å². The van der Waals surface area contributed by atoms with Crippen LogP contribution in [0.4, 0.5) is 0 Å². The number of carbonyl (C=O) groups is 1. The van der Waals surface area contributed by atoms with Gasteiger partial charge in [-0.15, -0.1) is 0 Å². The van der Waals surface area contributed by atoms with E-state index in [-0.39, 0.29) is 11.7 Å². The summed E-state index contributed by atoms with van der Waals surface area (Å²) < 4.78 is 7.86. The second-order valence-electron chi connectivity index (χ2n) is 5.63. The number of aromatic carboxylic acids is 1. The van der Waals surface area contributed by atoms with Crippen molar-refractivity contribution in [3.63, 3.8) is 0 Å². The molecule has 0 bridgehead atoms. The lowest BCUT2D eigenvalue weighted by Gasteiger charge is -2.17. The van der Waals surface area contributed by atoms with Crippen molar-refractivity contribution in [1.29, 1.82) is 0 Å². The van der Waals surface area contributed by atoms with Crippen LogP contribution in [0.15, 0.2) is 18.2 Å². The first-order valence-corrected chi connectivity index (χ1v) is 7.44. The smallest absolute Gasteiger partial charge is 0.335 e. The second kappa shape index (κ2) is 5.48. The lowest BCUT2D eigenvalue weighted by Crippen LogP contribution is -2.19. The molecular formula is C16H20N2O3. The molecule has 0 amide bonds. The first kappa shape index (κ1) is 14.1. The molecule has 1 aliphatic heterocycles. The highest BCUT2D eigenvalue weighted by molar-refractivity contribution is 5.92. The average Bonchev–Trinajstić information content (AvgIpc) is 3.03. The van der Waals surface area contributed by atoms with Crippen LogP contribution in [-0.4, -0.2) is 33.3 Å². The highest BCUT2D eigenvalue weighted by Gasteiger charge is 2.26. The summed E-state index contributed by atoms with van der Waals surface area (Å²) in [6, 6.07) is 5.17. The lowest BCUT2D eigenvalue weighted by molar-refractivity contribution is 0.0697. The van der Waals surface area contributed by atoms with E-state index in [2.05, 4.69) is 23.4 Å². The van der Waals surface area contributed by atoms with Gasteiger partial charge in [0.05, 0.1) is 22.7 Å². The van der Waals surface area contributed by atoms with Gasteiger partial charge in [0.1, 0.15) is 5.82 Å². The predicted molar refractivity (Wildman–Crippen MR) is 79.6 cm³/mol. The number of aromatic nitrogens is 2. The fourth-order valence-electron chi connectivity index (χ4n) is 3.04. The minimum Gasteiger partial charge on any atom is -0.478 e. The summed E-state index contributed by atoms with van der Waals surface area (Å²) in [7, 11) is 0. The third-order valence-corrected chi connectivity index (χ3v) is 4.34. The maximum Gasteiger partial charge on any atom is 0.335 e. The van der Waals surface area contributed by atoms with Crippen LogP contribution in [-0.2, 0) is 17.7 Å². The number of carboxylic acids is 1. The van der Waals surface area contributed by atoms with Crippen molar-refractivity contribution in [2.24, 2.45) is 5.92 Å². The molecule has 2 aromatic rings. The Morgan fingerprint density at radius 2 is 2.33 bits per heavy atom. The van der Waals surface area contributed by atoms with Gasteiger partial charge in [0.2, 0.25) is 0 Å². The van der Waals surface area contributed by atoms with Crippen molar-refractivity contribution in [1.82, 2.24) is 9.55 Å². The molecular weight excluding hydrogens is 268 g/mol. The van der Waals surface area contributed by atoms with Crippen LogP contribution in [0.25, 0.3) is 11.0 Å². The van der Waals surface area contributed by atoms with Crippen molar-refractivity contribution < 1.29 is 14.6 Å². The summed E-state index contributed by atoms with van der Waals surface area (Å²) in [5.41, 5.74) is 2.06. The van der Waals surface area contributed by atoms with Gasteiger partial charge >= 0.3 is 5.97 Å². The Kier molecular flexibility index (Phi) is 3.68. The number of benzene rings is 1. The Morgan fingerprint density at radius 1 is 1.52 bits per heavy atom. The molecule has 1 fully saturated rings. The zero-order valence-corrected chi connectivity index (χ0v) is 12.4. The second-order valence-corrected chi connectivity index (χ2v) is 5.63. The van der Waals surface area contributed by atoms with E-state index in [0.29, 0.717) is 5.92 Å². The normalized spacial score (nSPS) is 22.0. The van der Waals surface area contributed by atoms with Gasteiger partial charge in [-0.2, -0.15) is 0 Å². The summed E-state index contributed by atoms with van der Waals surface area (Å²) in [6.07, 6.45) is 2.17. The van der Waals surface area contributed by atoms with E-state index < -0.39 is 5.97 Å². The highest BCUT2D eigenvalue weighted by atomic mass is 16.5. The van der Waals surface area contributed by atoms with E-state index in [1.54, 1.807) is 12.1 Å². The molecule has 1 aromatic heterocycles. The zero-order valence-electron chi connectivity index (χ0n) is 12.4. The number of carboxylic acid groups (broad SMARTS) is 1. The van der Waals surface area contributed by atoms with Crippen molar-refractivity contribution in [3.8, 4) is 0 Å². The van der Waals surface area contributed by atoms with Gasteiger partial charge in [0, 0.05) is 25.5 Å². The number of aryl methyl sites for hydroxylation is 1. The first-order chi connectivity index (χ1) is 10.1. The van der Waals surface area contributed by atoms with Crippen LogP contribution < -0.4 is 0 Å². The maximum absolute atomic E-state index is 11.1. The Bertz CT molecular complexity index is 677. The van der Waals surface area contributed by atoms with Crippen molar-refractivity contribution >= 4 is 17.0 Å². The topological polar surface area (TPSA) is 64.3 Å². The van der Waals surface area contributed by atoms with Gasteiger partial charge in [0.15, 0.2) is 0 Å². The third-order valence-electron chi connectivity index (χ3n) is 4.34. The molecule has 1 aliphatic rings. The van der Waals surface area contributed by atoms with Crippen molar-refractivity contribution in [2.45, 2.75) is 39.3 Å². The summed E-state index contributed by atoms with van der Waals surface area (Å²) in [6.45, 7) is 5.89. The minimum atomic E-state index is -0.915. The number of hydrogen-bond acceptors (Lipinski definition) is 3. The Balaban J connectivity index is 2.01.